The number of aromatic nitrogens is 3. The van der Waals surface area contributed by atoms with Gasteiger partial charge in [-0.05, 0) is 12.1 Å². The molecule has 2 heterocycles. The summed E-state index contributed by atoms with van der Waals surface area (Å²) in [7, 11) is 0. The fourth-order valence-electron chi connectivity index (χ4n) is 1.29. The number of H-pyrrole nitrogens is 1. The number of nitrogens with one attached hydrogen (secondary N) is 1. The summed E-state index contributed by atoms with van der Waals surface area (Å²) in [5.41, 5.74) is 1.49. The van der Waals surface area contributed by atoms with Crippen LogP contribution in [0.4, 0.5) is 0 Å². The smallest absolute Gasteiger partial charge is 0.155 e. The fraction of sp³-hybridized carbons (Fsp3) is 0.222. The highest BCUT2D eigenvalue weighted by molar-refractivity contribution is 5.81. The van der Waals surface area contributed by atoms with Gasteiger partial charge in [0, 0.05) is 11.6 Å². The topological polar surface area (TPSA) is 58.6 Å². The van der Waals surface area contributed by atoms with Gasteiger partial charge >= 0.3 is 0 Å². The van der Waals surface area contributed by atoms with Crippen molar-refractivity contribution in [2.24, 2.45) is 0 Å². The molecule has 2 aromatic heterocycles. The van der Waals surface area contributed by atoms with Gasteiger partial charge in [-0.3, -0.25) is 5.10 Å². The van der Waals surface area contributed by atoms with E-state index in [2.05, 4.69) is 15.2 Å². The lowest BCUT2D eigenvalue weighted by atomic mass is 10.1. The van der Waals surface area contributed by atoms with Gasteiger partial charge in [-0.2, -0.15) is 5.10 Å². The van der Waals surface area contributed by atoms with Crippen molar-refractivity contribution in [3.8, 4) is 0 Å². The summed E-state index contributed by atoms with van der Waals surface area (Å²) in [4.78, 5) is 14.7. The van der Waals surface area contributed by atoms with E-state index < -0.39 is 0 Å². The van der Waals surface area contributed by atoms with E-state index in [1.807, 2.05) is 19.1 Å². The maximum Gasteiger partial charge on any atom is 0.155 e. The van der Waals surface area contributed by atoms with E-state index in [4.69, 9.17) is 0 Å². The summed E-state index contributed by atoms with van der Waals surface area (Å²) in [6.07, 6.45) is 2.57. The van der Waals surface area contributed by atoms with Crippen molar-refractivity contribution in [3.63, 3.8) is 0 Å². The van der Waals surface area contributed by atoms with Crippen molar-refractivity contribution >= 4 is 17.3 Å². The van der Waals surface area contributed by atoms with Crippen LogP contribution in [0, 0.1) is 0 Å². The van der Waals surface area contributed by atoms with E-state index in [1.54, 1.807) is 6.20 Å². The average Bonchev–Trinajstić information content (AvgIpc) is 2.60. The highest BCUT2D eigenvalue weighted by Gasteiger charge is 2.11. The largest absolute Gasteiger partial charge is 0.303 e. The first-order valence-electron chi connectivity index (χ1n) is 4.07. The summed E-state index contributed by atoms with van der Waals surface area (Å²) in [5.74, 6) is -0.182. The molecule has 13 heavy (non-hydrogen) atoms. The van der Waals surface area contributed by atoms with Crippen LogP contribution in [0.3, 0.4) is 0 Å². The van der Waals surface area contributed by atoms with Gasteiger partial charge in [0.1, 0.15) is 6.29 Å². The molecule has 1 atom stereocenters. The van der Waals surface area contributed by atoms with Crippen molar-refractivity contribution in [2.75, 3.05) is 0 Å². The average molecular weight is 175 g/mol. The third-order valence-electron chi connectivity index (χ3n) is 2.00. The summed E-state index contributed by atoms with van der Waals surface area (Å²) in [6.45, 7) is 1.82. The maximum absolute atomic E-state index is 10.6. The number of carbonyl (C=O) groups is 1. The molecule has 4 nitrogen and oxygen atoms in total. The number of nitrogens with zero attached hydrogens (tertiary/aromatic N) is 2. The lowest BCUT2D eigenvalue weighted by Crippen LogP contribution is -1.94. The third-order valence-corrected chi connectivity index (χ3v) is 2.00. The minimum Gasteiger partial charge on any atom is -0.303 e. The van der Waals surface area contributed by atoms with Crippen molar-refractivity contribution in [1.82, 2.24) is 15.2 Å². The molecule has 0 fully saturated rings. The molecule has 4 heteroatoms. The Morgan fingerprint density at radius 1 is 1.62 bits per heavy atom. The fourth-order valence-corrected chi connectivity index (χ4v) is 1.29. The Labute approximate surface area is 75.0 Å². The maximum atomic E-state index is 10.6. The number of aldehydes is 1. The number of fused-ring (bicyclic) bond motifs is 1. The molecule has 0 aliphatic heterocycles. The molecule has 0 bridgehead atoms. The second-order valence-electron chi connectivity index (χ2n) is 2.93. The second-order valence-corrected chi connectivity index (χ2v) is 2.93. The molecule has 0 aliphatic rings. The molecular weight excluding hydrogens is 166 g/mol. The van der Waals surface area contributed by atoms with Gasteiger partial charge in [0.15, 0.2) is 5.65 Å². The van der Waals surface area contributed by atoms with Crippen LogP contribution >= 0.6 is 0 Å². The van der Waals surface area contributed by atoms with Crippen LogP contribution in [0.5, 0.6) is 0 Å². The van der Waals surface area contributed by atoms with E-state index in [0.29, 0.717) is 0 Å². The van der Waals surface area contributed by atoms with Crippen LogP contribution in [0.1, 0.15) is 18.5 Å². The first kappa shape index (κ1) is 7.91. The first-order chi connectivity index (χ1) is 6.33. The minimum atomic E-state index is -0.182. The number of rotatable bonds is 2. The quantitative estimate of drug-likeness (QED) is 0.699. The SMILES string of the molecule is CC(C=O)c1n[nH]c2ncccc12. The van der Waals surface area contributed by atoms with E-state index in [-0.39, 0.29) is 5.92 Å². The zero-order valence-corrected chi connectivity index (χ0v) is 7.19. The van der Waals surface area contributed by atoms with Gasteiger partial charge in [0.2, 0.25) is 0 Å². The molecule has 0 saturated carbocycles. The van der Waals surface area contributed by atoms with Gasteiger partial charge in [-0.25, -0.2) is 4.98 Å². The number of carbonyl (C=O) groups excluding carboxylic acids is 1. The standard InChI is InChI=1S/C9H9N3O/c1-6(5-13)8-7-3-2-4-10-9(7)12-11-8/h2-6H,1H3,(H,10,11,12). The molecule has 2 rings (SSSR count). The van der Waals surface area contributed by atoms with Crippen molar-refractivity contribution in [3.05, 3.63) is 24.0 Å². The molecule has 0 aromatic carbocycles. The summed E-state index contributed by atoms with van der Waals surface area (Å²) in [6, 6.07) is 3.74. The monoisotopic (exact) mass is 175 g/mol. The first-order valence-corrected chi connectivity index (χ1v) is 4.07. The molecule has 0 amide bonds. The number of aromatic amines is 1. The number of hydrogen-bond acceptors (Lipinski definition) is 3. The van der Waals surface area contributed by atoms with Crippen molar-refractivity contribution in [1.29, 1.82) is 0 Å². The molecule has 2 aromatic rings. The molecule has 0 spiro atoms. The Hall–Kier alpha value is -1.71. The zero-order valence-electron chi connectivity index (χ0n) is 7.19. The Morgan fingerprint density at radius 3 is 3.23 bits per heavy atom. The molecule has 1 N–H and O–H groups in total. The van der Waals surface area contributed by atoms with Crippen molar-refractivity contribution < 1.29 is 4.79 Å². The molecule has 0 radical (unpaired) electrons. The van der Waals surface area contributed by atoms with E-state index in [9.17, 15) is 4.79 Å². The highest BCUT2D eigenvalue weighted by atomic mass is 16.1. The molecular formula is C9H9N3O. The zero-order chi connectivity index (χ0) is 9.26. The minimum absolute atomic E-state index is 0.182. The Balaban J connectivity index is 2.64. The van der Waals surface area contributed by atoms with Crippen LogP contribution < -0.4 is 0 Å². The molecule has 0 saturated heterocycles. The van der Waals surface area contributed by atoms with E-state index in [1.165, 1.54) is 0 Å². The number of hydrogen-bond donors (Lipinski definition) is 1. The Morgan fingerprint density at radius 2 is 2.46 bits per heavy atom. The van der Waals surface area contributed by atoms with Gasteiger partial charge in [-0.15, -0.1) is 0 Å². The Kier molecular flexibility index (Phi) is 1.81. The second kappa shape index (κ2) is 2.97. The van der Waals surface area contributed by atoms with Gasteiger partial charge in [-0.1, -0.05) is 6.92 Å². The summed E-state index contributed by atoms with van der Waals surface area (Å²) < 4.78 is 0. The molecule has 66 valence electrons. The predicted octanol–water partition coefficient (Wildman–Crippen LogP) is 1.26. The lowest BCUT2D eigenvalue weighted by Gasteiger charge is -1.97. The van der Waals surface area contributed by atoms with Crippen LogP contribution in [0.2, 0.25) is 0 Å². The Bertz CT molecular complexity index is 435. The summed E-state index contributed by atoms with van der Waals surface area (Å²) >= 11 is 0. The van der Waals surface area contributed by atoms with Crippen LogP contribution in [-0.4, -0.2) is 21.5 Å². The highest BCUT2D eigenvalue weighted by Crippen LogP contribution is 2.19. The van der Waals surface area contributed by atoms with Crippen LogP contribution in [0.15, 0.2) is 18.3 Å². The lowest BCUT2D eigenvalue weighted by molar-refractivity contribution is -0.108. The number of pyridine rings is 1. The van der Waals surface area contributed by atoms with Gasteiger partial charge in [0.25, 0.3) is 0 Å². The van der Waals surface area contributed by atoms with Gasteiger partial charge < -0.3 is 4.79 Å². The van der Waals surface area contributed by atoms with E-state index >= 15 is 0 Å². The molecule has 0 aliphatic carbocycles. The van der Waals surface area contributed by atoms with E-state index in [0.717, 1.165) is 23.0 Å². The van der Waals surface area contributed by atoms with Gasteiger partial charge in [0.05, 0.1) is 11.6 Å². The predicted molar refractivity (Wildman–Crippen MR) is 48.4 cm³/mol. The van der Waals surface area contributed by atoms with Crippen molar-refractivity contribution in [2.45, 2.75) is 12.8 Å². The van der Waals surface area contributed by atoms with Crippen LogP contribution in [0.25, 0.3) is 11.0 Å². The molecule has 1 unspecified atom stereocenters. The van der Waals surface area contributed by atoms with Crippen LogP contribution in [-0.2, 0) is 4.79 Å². The third kappa shape index (κ3) is 1.20. The summed E-state index contributed by atoms with van der Waals surface area (Å²) in [5, 5.41) is 7.75. The normalized spacial score (nSPS) is 13.0.